The summed E-state index contributed by atoms with van der Waals surface area (Å²) in [4.78, 5) is 22.2. The quantitative estimate of drug-likeness (QED) is 0.306. The minimum absolute atomic E-state index is 0.0128. The van der Waals surface area contributed by atoms with Gasteiger partial charge >= 0.3 is 0 Å². The molecule has 1 rings (SSSR count). The smallest absolute Gasteiger partial charge is 0.269 e. The van der Waals surface area contributed by atoms with Crippen LogP contribution in [-0.4, -0.2) is 39.2 Å². The van der Waals surface area contributed by atoms with Crippen molar-refractivity contribution in [1.82, 2.24) is 5.32 Å². The molecule has 1 aromatic carbocycles. The maximum absolute atomic E-state index is 12.0. The number of nitrogens with zero attached hydrogens (tertiary/aromatic N) is 1. The number of rotatable bonds is 8. The van der Waals surface area contributed by atoms with E-state index in [0.29, 0.717) is 0 Å². The second-order valence-electron chi connectivity index (χ2n) is 6.03. The fraction of sp³-hybridized carbons (Fsp3) is 0.533. The van der Waals surface area contributed by atoms with Crippen LogP contribution in [0.25, 0.3) is 0 Å². The van der Waals surface area contributed by atoms with E-state index in [9.17, 15) is 20.0 Å². The largest absolute Gasteiger partial charge is 0.356 e. The molecule has 0 fully saturated rings. The van der Waals surface area contributed by atoms with Gasteiger partial charge in [-0.3, -0.25) is 20.2 Å². The van der Waals surface area contributed by atoms with E-state index >= 15 is 0 Å². The van der Waals surface area contributed by atoms with Crippen LogP contribution in [0.1, 0.15) is 26.3 Å². The van der Waals surface area contributed by atoms with E-state index in [4.69, 9.17) is 4.74 Å². The summed E-state index contributed by atoms with van der Waals surface area (Å²) >= 11 is 3.11. The molecule has 128 valence electrons. The molecule has 2 N–H and O–H groups in total. The Kier molecular flexibility index (Phi) is 7.27. The molecule has 0 heterocycles. The number of non-ortho nitro benzene ring substituents is 1. The number of nitro benzene ring substituents is 1. The number of hydrogen-bond acceptors (Lipinski definition) is 6. The maximum Gasteiger partial charge on any atom is 0.269 e. The van der Waals surface area contributed by atoms with Crippen LogP contribution in [0.2, 0.25) is 0 Å². The third-order valence-corrected chi connectivity index (χ3v) is 3.47. The Morgan fingerprint density at radius 2 is 1.96 bits per heavy atom. The Labute approximate surface area is 143 Å². The number of benzene rings is 1. The molecule has 0 aliphatic heterocycles. The van der Waals surface area contributed by atoms with Gasteiger partial charge in [-0.2, -0.15) is 0 Å². The van der Waals surface area contributed by atoms with Crippen LogP contribution < -0.4 is 5.32 Å². The maximum atomic E-state index is 12.0. The number of carbonyl (C=O) groups excluding carboxylic acids is 1. The number of ether oxygens (including phenoxy) is 1. The van der Waals surface area contributed by atoms with Crippen molar-refractivity contribution in [2.24, 2.45) is 0 Å². The summed E-state index contributed by atoms with van der Waals surface area (Å²) in [5.74, 6) is -0.153. The molecule has 1 aromatic rings. The molecule has 8 heteroatoms. The molecule has 0 saturated heterocycles. The van der Waals surface area contributed by atoms with Gasteiger partial charge in [0.2, 0.25) is 6.41 Å². The van der Waals surface area contributed by atoms with E-state index < -0.39 is 23.0 Å². The summed E-state index contributed by atoms with van der Waals surface area (Å²) in [5, 5.41) is 23.4. The lowest BCUT2D eigenvalue weighted by molar-refractivity contribution is -0.384. The Bertz CT molecular complexity index is 542. The average molecular weight is 389 g/mol. The highest BCUT2D eigenvalue weighted by Gasteiger charge is 2.24. The molecule has 7 nitrogen and oxygen atoms in total. The number of Topliss-reactive ketones (excluding diaryl/α,β-unsaturated/α-hetero) is 1. The lowest BCUT2D eigenvalue weighted by Gasteiger charge is -2.27. The van der Waals surface area contributed by atoms with Gasteiger partial charge in [-0.05, 0) is 32.8 Å². The molecule has 0 saturated carbocycles. The van der Waals surface area contributed by atoms with Gasteiger partial charge < -0.3 is 9.84 Å². The third kappa shape index (κ3) is 7.17. The Hall–Kier alpha value is -1.35. The van der Waals surface area contributed by atoms with Gasteiger partial charge in [0.1, 0.15) is 0 Å². The van der Waals surface area contributed by atoms with Crippen molar-refractivity contribution in [1.29, 1.82) is 0 Å². The van der Waals surface area contributed by atoms with Crippen molar-refractivity contribution < 1.29 is 19.6 Å². The Balaban J connectivity index is 2.78. The van der Waals surface area contributed by atoms with Gasteiger partial charge in [0.25, 0.3) is 5.69 Å². The van der Waals surface area contributed by atoms with Crippen LogP contribution in [0.4, 0.5) is 5.69 Å². The molecule has 0 radical (unpaired) electrons. The summed E-state index contributed by atoms with van der Waals surface area (Å²) in [7, 11) is 0. The zero-order chi connectivity index (χ0) is 17.6. The predicted octanol–water partition coefficient (Wildman–Crippen LogP) is 2.15. The first-order valence-electron chi connectivity index (χ1n) is 7.06. The molecule has 2 atom stereocenters. The molecular formula is C15H21BrN2O5. The van der Waals surface area contributed by atoms with E-state index in [-0.39, 0.29) is 23.2 Å². The summed E-state index contributed by atoms with van der Waals surface area (Å²) < 4.78 is 5.34. The number of carbonyl (C=O) groups is 1. The first kappa shape index (κ1) is 19.7. The highest BCUT2D eigenvalue weighted by Crippen LogP contribution is 2.15. The minimum Gasteiger partial charge on any atom is -0.356 e. The minimum atomic E-state index is -1.29. The molecule has 0 bridgehead atoms. The van der Waals surface area contributed by atoms with Crippen LogP contribution in [0.15, 0.2) is 24.3 Å². The van der Waals surface area contributed by atoms with Gasteiger partial charge in [0, 0.05) is 12.1 Å². The van der Waals surface area contributed by atoms with Crippen molar-refractivity contribution in [2.75, 3.05) is 5.33 Å². The van der Waals surface area contributed by atoms with Crippen LogP contribution >= 0.6 is 15.9 Å². The molecule has 0 amide bonds. The van der Waals surface area contributed by atoms with Crippen molar-refractivity contribution >= 4 is 27.4 Å². The summed E-state index contributed by atoms with van der Waals surface area (Å²) in [6, 6.07) is 5.27. The molecule has 23 heavy (non-hydrogen) atoms. The van der Waals surface area contributed by atoms with Crippen LogP contribution in [0, 0.1) is 10.1 Å². The van der Waals surface area contributed by atoms with E-state index in [1.165, 1.54) is 12.1 Å². The van der Waals surface area contributed by atoms with Gasteiger partial charge in [-0.1, -0.05) is 28.1 Å². The standard InChI is InChI=1S/C15H21BrN2O5/c1-15(2,3)23-14(20)17-12(13(19)9-16)8-10-4-6-11(7-5-10)18(21)22/h4-7,12,14,17,20H,8-9H2,1-3H3/t12-,14?/m0/s1. The second-order valence-corrected chi connectivity index (χ2v) is 6.59. The zero-order valence-corrected chi connectivity index (χ0v) is 14.9. The first-order valence-corrected chi connectivity index (χ1v) is 8.18. The van der Waals surface area contributed by atoms with Crippen LogP contribution in [0.5, 0.6) is 0 Å². The number of hydrogen-bond donors (Lipinski definition) is 2. The fourth-order valence-corrected chi connectivity index (χ4v) is 2.28. The number of ketones is 1. The first-order chi connectivity index (χ1) is 10.6. The zero-order valence-electron chi connectivity index (χ0n) is 13.3. The summed E-state index contributed by atoms with van der Waals surface area (Å²) in [6.07, 6.45) is -1.01. The fourth-order valence-electron chi connectivity index (χ4n) is 1.89. The van der Waals surface area contributed by atoms with Gasteiger partial charge in [0.05, 0.1) is 21.9 Å². The number of nitro groups is 1. The van der Waals surface area contributed by atoms with Crippen LogP contribution in [0.3, 0.4) is 0 Å². The number of aliphatic hydroxyl groups excluding tert-OH is 1. The molecule has 0 aliphatic carbocycles. The summed E-state index contributed by atoms with van der Waals surface area (Å²) in [6.45, 7) is 5.36. The van der Waals surface area contributed by atoms with E-state index in [0.717, 1.165) is 5.56 Å². The number of aliphatic hydroxyl groups is 1. The normalized spacial score (nSPS) is 14.3. The monoisotopic (exact) mass is 388 g/mol. The number of nitrogens with one attached hydrogen (secondary N) is 1. The highest BCUT2D eigenvalue weighted by atomic mass is 79.9. The van der Waals surface area contributed by atoms with Crippen LogP contribution in [-0.2, 0) is 16.0 Å². The van der Waals surface area contributed by atoms with E-state index in [1.807, 2.05) is 0 Å². The molecule has 0 spiro atoms. The molecule has 0 aromatic heterocycles. The second kappa shape index (κ2) is 8.49. The topological polar surface area (TPSA) is 102 Å². The van der Waals surface area contributed by atoms with Crippen molar-refractivity contribution in [3.8, 4) is 0 Å². The highest BCUT2D eigenvalue weighted by molar-refractivity contribution is 9.09. The van der Waals surface area contributed by atoms with Gasteiger partial charge in [-0.25, -0.2) is 0 Å². The van der Waals surface area contributed by atoms with Gasteiger partial charge in [-0.15, -0.1) is 0 Å². The SMILES string of the molecule is CC(C)(C)OC(O)N[C@@H](Cc1ccc([N+](=O)[O-])cc1)C(=O)CBr. The summed E-state index contributed by atoms with van der Waals surface area (Å²) in [5.41, 5.74) is 0.161. The predicted molar refractivity (Wildman–Crippen MR) is 89.4 cm³/mol. The Morgan fingerprint density at radius 3 is 2.39 bits per heavy atom. The number of alkyl halides is 1. The molecule has 0 aliphatic rings. The van der Waals surface area contributed by atoms with Crippen molar-refractivity contribution in [3.63, 3.8) is 0 Å². The molecular weight excluding hydrogens is 368 g/mol. The number of halogens is 1. The van der Waals surface area contributed by atoms with Crippen molar-refractivity contribution in [2.45, 2.75) is 45.2 Å². The van der Waals surface area contributed by atoms with Gasteiger partial charge in [0.15, 0.2) is 5.78 Å². The lowest BCUT2D eigenvalue weighted by Crippen LogP contribution is -2.48. The molecule has 1 unspecified atom stereocenters. The Morgan fingerprint density at radius 1 is 1.39 bits per heavy atom. The van der Waals surface area contributed by atoms with E-state index in [2.05, 4.69) is 21.2 Å². The van der Waals surface area contributed by atoms with E-state index in [1.54, 1.807) is 32.9 Å². The van der Waals surface area contributed by atoms with Crippen molar-refractivity contribution in [3.05, 3.63) is 39.9 Å². The lowest BCUT2D eigenvalue weighted by atomic mass is 10.0. The third-order valence-electron chi connectivity index (χ3n) is 2.92. The average Bonchev–Trinajstić information content (AvgIpc) is 2.44.